The molecule has 0 aliphatic carbocycles. The number of hydrogen-bond donors (Lipinski definition) is 1. The molecule has 1 aliphatic rings. The highest BCUT2D eigenvalue weighted by molar-refractivity contribution is 5.90. The van der Waals surface area contributed by atoms with Gasteiger partial charge in [-0.15, -0.1) is 0 Å². The third-order valence-corrected chi connectivity index (χ3v) is 3.41. The fourth-order valence-electron chi connectivity index (χ4n) is 2.14. The van der Waals surface area contributed by atoms with Gasteiger partial charge in [-0.05, 0) is 30.7 Å². The van der Waals surface area contributed by atoms with Gasteiger partial charge in [0.2, 0.25) is 5.79 Å². The van der Waals surface area contributed by atoms with E-state index in [4.69, 9.17) is 14.6 Å². The molecule has 1 heterocycles. The summed E-state index contributed by atoms with van der Waals surface area (Å²) in [7, 11) is 3.25. The van der Waals surface area contributed by atoms with Crippen molar-refractivity contribution in [3.05, 3.63) is 29.3 Å². The van der Waals surface area contributed by atoms with E-state index in [2.05, 4.69) is 4.90 Å². The third-order valence-electron chi connectivity index (χ3n) is 3.41. The molecular formula is C13H17NO4. The number of hydrogen-bond acceptors (Lipinski definition) is 4. The minimum absolute atomic E-state index is 0.337. The van der Waals surface area contributed by atoms with Gasteiger partial charge in [-0.2, -0.15) is 0 Å². The van der Waals surface area contributed by atoms with E-state index in [1.54, 1.807) is 27.2 Å². The number of benzene rings is 1. The van der Waals surface area contributed by atoms with Gasteiger partial charge in [-0.1, -0.05) is 0 Å². The Bertz CT molecular complexity index is 460. The Kier molecular flexibility index (Phi) is 3.28. The van der Waals surface area contributed by atoms with Crippen LogP contribution in [0, 0.1) is 6.92 Å². The minimum Gasteiger partial charge on any atom is -0.478 e. The molecule has 1 aromatic carbocycles. The van der Waals surface area contributed by atoms with Crippen molar-refractivity contribution in [1.29, 1.82) is 0 Å². The molecule has 0 radical (unpaired) electrons. The van der Waals surface area contributed by atoms with Gasteiger partial charge < -0.3 is 19.5 Å². The predicted molar refractivity (Wildman–Crippen MR) is 67.1 cm³/mol. The highest BCUT2D eigenvalue weighted by Gasteiger charge is 2.43. The predicted octanol–water partition coefficient (Wildman–Crippen LogP) is 1.50. The molecule has 1 aliphatic heterocycles. The molecule has 1 aromatic rings. The van der Waals surface area contributed by atoms with Crippen molar-refractivity contribution >= 4 is 11.7 Å². The third kappa shape index (κ3) is 2.07. The summed E-state index contributed by atoms with van der Waals surface area (Å²) in [6.07, 6.45) is 0. The Morgan fingerprint density at radius 1 is 1.33 bits per heavy atom. The number of carbonyl (C=O) groups is 1. The standard InChI is InChI=1S/C13H17NO4/c1-9-6-10(4-5-11(9)12(15)16)14-7-13(8-14,17-2)18-3/h4-6H,7-8H2,1-3H3,(H,15,16). The first kappa shape index (κ1) is 12.9. The number of methoxy groups -OCH3 is 2. The Morgan fingerprint density at radius 3 is 2.39 bits per heavy atom. The molecule has 5 nitrogen and oxygen atoms in total. The van der Waals surface area contributed by atoms with Gasteiger partial charge >= 0.3 is 5.97 Å². The summed E-state index contributed by atoms with van der Waals surface area (Å²) in [4.78, 5) is 13.0. The maximum Gasteiger partial charge on any atom is 0.335 e. The highest BCUT2D eigenvalue weighted by Crippen LogP contribution is 2.31. The first-order valence-electron chi connectivity index (χ1n) is 5.70. The van der Waals surface area contributed by atoms with Crippen LogP contribution in [-0.2, 0) is 9.47 Å². The number of nitrogens with zero attached hydrogens (tertiary/aromatic N) is 1. The van der Waals surface area contributed by atoms with E-state index in [1.165, 1.54) is 0 Å². The SMILES string of the molecule is COC1(OC)CN(c2ccc(C(=O)O)c(C)c2)C1. The molecule has 0 atom stereocenters. The lowest BCUT2D eigenvalue weighted by atomic mass is 10.0. The maximum absolute atomic E-state index is 10.9. The molecule has 0 spiro atoms. The summed E-state index contributed by atoms with van der Waals surface area (Å²) in [5, 5.41) is 8.97. The van der Waals surface area contributed by atoms with E-state index in [-0.39, 0.29) is 0 Å². The average molecular weight is 251 g/mol. The van der Waals surface area contributed by atoms with E-state index in [0.717, 1.165) is 11.3 Å². The Morgan fingerprint density at radius 2 is 1.94 bits per heavy atom. The van der Waals surface area contributed by atoms with E-state index in [9.17, 15) is 4.79 Å². The smallest absolute Gasteiger partial charge is 0.335 e. The molecule has 1 saturated heterocycles. The first-order valence-corrected chi connectivity index (χ1v) is 5.70. The van der Waals surface area contributed by atoms with Crippen molar-refractivity contribution in [3.63, 3.8) is 0 Å². The number of rotatable bonds is 4. The van der Waals surface area contributed by atoms with Gasteiger partial charge in [0.25, 0.3) is 0 Å². The first-order chi connectivity index (χ1) is 8.51. The van der Waals surface area contributed by atoms with Crippen molar-refractivity contribution < 1.29 is 19.4 Å². The van der Waals surface area contributed by atoms with E-state index in [1.807, 2.05) is 12.1 Å². The Labute approximate surface area is 106 Å². The van der Waals surface area contributed by atoms with Crippen molar-refractivity contribution in [3.8, 4) is 0 Å². The van der Waals surface area contributed by atoms with Crippen LogP contribution in [0.3, 0.4) is 0 Å². The minimum atomic E-state index is -0.897. The van der Waals surface area contributed by atoms with Crippen LogP contribution >= 0.6 is 0 Å². The van der Waals surface area contributed by atoms with Crippen LogP contribution in [0.4, 0.5) is 5.69 Å². The van der Waals surface area contributed by atoms with Crippen molar-refractivity contribution in [2.45, 2.75) is 12.7 Å². The number of ether oxygens (including phenoxy) is 2. The number of carboxylic acid groups (broad SMARTS) is 1. The molecule has 1 fully saturated rings. The van der Waals surface area contributed by atoms with Gasteiger partial charge in [-0.25, -0.2) is 4.79 Å². The van der Waals surface area contributed by atoms with Crippen LogP contribution in [0.25, 0.3) is 0 Å². The quantitative estimate of drug-likeness (QED) is 0.822. The Balaban J connectivity index is 2.13. The molecule has 98 valence electrons. The summed E-state index contributed by atoms with van der Waals surface area (Å²) in [6.45, 7) is 3.09. The molecular weight excluding hydrogens is 234 g/mol. The van der Waals surface area contributed by atoms with E-state index in [0.29, 0.717) is 18.7 Å². The summed E-state index contributed by atoms with van der Waals surface area (Å²) in [5.41, 5.74) is 2.08. The second kappa shape index (κ2) is 4.59. The lowest BCUT2D eigenvalue weighted by Crippen LogP contribution is -2.64. The molecule has 0 aromatic heterocycles. The average Bonchev–Trinajstić information content (AvgIpc) is 2.28. The zero-order valence-corrected chi connectivity index (χ0v) is 10.8. The van der Waals surface area contributed by atoms with Crippen molar-refractivity contribution in [2.24, 2.45) is 0 Å². The molecule has 5 heteroatoms. The van der Waals surface area contributed by atoms with Crippen molar-refractivity contribution in [2.75, 3.05) is 32.2 Å². The number of aryl methyl sites for hydroxylation is 1. The highest BCUT2D eigenvalue weighted by atomic mass is 16.7. The molecule has 0 bridgehead atoms. The fraction of sp³-hybridized carbons (Fsp3) is 0.462. The molecule has 0 saturated carbocycles. The number of aromatic carboxylic acids is 1. The molecule has 2 rings (SSSR count). The fourth-order valence-corrected chi connectivity index (χ4v) is 2.14. The summed E-state index contributed by atoms with van der Waals surface area (Å²) in [5.74, 6) is -1.43. The lowest BCUT2D eigenvalue weighted by Gasteiger charge is -2.48. The summed E-state index contributed by atoms with van der Waals surface area (Å²) < 4.78 is 10.6. The summed E-state index contributed by atoms with van der Waals surface area (Å²) in [6, 6.07) is 5.32. The lowest BCUT2D eigenvalue weighted by molar-refractivity contribution is -0.219. The molecule has 1 N–H and O–H groups in total. The van der Waals surface area contributed by atoms with E-state index >= 15 is 0 Å². The summed E-state index contributed by atoms with van der Waals surface area (Å²) >= 11 is 0. The zero-order valence-electron chi connectivity index (χ0n) is 10.8. The number of carboxylic acids is 1. The molecule has 0 unspecified atom stereocenters. The maximum atomic E-state index is 10.9. The Hall–Kier alpha value is -1.59. The van der Waals surface area contributed by atoms with Crippen LogP contribution in [0.2, 0.25) is 0 Å². The van der Waals surface area contributed by atoms with Gasteiger partial charge in [0, 0.05) is 19.9 Å². The van der Waals surface area contributed by atoms with Crippen LogP contribution in [0.1, 0.15) is 15.9 Å². The van der Waals surface area contributed by atoms with Gasteiger partial charge in [0.15, 0.2) is 0 Å². The van der Waals surface area contributed by atoms with Gasteiger partial charge in [0.05, 0.1) is 18.7 Å². The van der Waals surface area contributed by atoms with Crippen LogP contribution in [0.15, 0.2) is 18.2 Å². The van der Waals surface area contributed by atoms with Gasteiger partial charge in [-0.3, -0.25) is 0 Å². The van der Waals surface area contributed by atoms with Crippen molar-refractivity contribution in [1.82, 2.24) is 0 Å². The van der Waals surface area contributed by atoms with Crippen LogP contribution < -0.4 is 4.90 Å². The zero-order chi connectivity index (χ0) is 13.3. The second-order valence-corrected chi connectivity index (χ2v) is 4.48. The normalized spacial score (nSPS) is 17.4. The monoisotopic (exact) mass is 251 g/mol. The second-order valence-electron chi connectivity index (χ2n) is 4.48. The van der Waals surface area contributed by atoms with Crippen LogP contribution in [0.5, 0.6) is 0 Å². The topological polar surface area (TPSA) is 59.0 Å². The molecule has 18 heavy (non-hydrogen) atoms. The largest absolute Gasteiger partial charge is 0.478 e. The van der Waals surface area contributed by atoms with Crippen LogP contribution in [-0.4, -0.2) is 44.2 Å². The van der Waals surface area contributed by atoms with Gasteiger partial charge in [0.1, 0.15) is 0 Å². The number of anilines is 1. The van der Waals surface area contributed by atoms with E-state index < -0.39 is 11.8 Å². The molecule has 0 amide bonds.